The van der Waals surface area contributed by atoms with Crippen molar-refractivity contribution in [2.75, 3.05) is 0 Å². The zero-order valence-corrected chi connectivity index (χ0v) is 36.6. The molecule has 3 unspecified atom stereocenters. The van der Waals surface area contributed by atoms with Crippen LogP contribution in [-0.4, -0.2) is 42.7 Å². The Morgan fingerprint density at radius 3 is 1.50 bits per heavy atom. The van der Waals surface area contributed by atoms with Crippen LogP contribution in [0.25, 0.3) is 33.9 Å². The zero-order valence-electron chi connectivity index (χ0n) is 32.1. The molecule has 300 valence electrons. The van der Waals surface area contributed by atoms with Gasteiger partial charge in [-0.3, -0.25) is 0 Å². The minimum absolute atomic E-state index is 0.0255. The minimum Gasteiger partial charge on any atom is -0.476 e. The van der Waals surface area contributed by atoms with Crippen LogP contribution in [0.1, 0.15) is 72.1 Å². The van der Waals surface area contributed by atoms with E-state index < -0.39 is 11.9 Å². The molecule has 2 aromatic heterocycles. The SMILES string of the molecule is Cc1c(C(=O)O)nn(-c2ccc(Cl)cc2Cl)c1-c1ccc(Cl)cc1.Cc1c(C(=O)OC2CC3CCC2(C)C3(C)C)nn(-c2ccc(Cl)cc2Cl)c1-c1ccc(Cl)cc1. The molecule has 6 aromatic rings. The third-order valence-electron chi connectivity index (χ3n) is 12.1. The van der Waals surface area contributed by atoms with E-state index in [9.17, 15) is 14.7 Å². The van der Waals surface area contributed by atoms with Gasteiger partial charge in [0.1, 0.15) is 6.10 Å². The summed E-state index contributed by atoms with van der Waals surface area (Å²) in [5, 5.41) is 21.4. The molecule has 8 rings (SSSR count). The highest BCUT2D eigenvalue weighted by molar-refractivity contribution is 6.36. The van der Waals surface area contributed by atoms with E-state index in [-0.39, 0.29) is 22.6 Å². The number of carbonyl (C=O) groups is 2. The second-order valence-corrected chi connectivity index (χ2v) is 18.0. The van der Waals surface area contributed by atoms with Crippen molar-refractivity contribution in [1.29, 1.82) is 0 Å². The first kappa shape index (κ1) is 42.1. The number of aromatic nitrogens is 4. The van der Waals surface area contributed by atoms with Gasteiger partial charge in [-0.25, -0.2) is 19.0 Å². The second-order valence-electron chi connectivity index (χ2n) is 15.5. The van der Waals surface area contributed by atoms with Crippen LogP contribution in [0.5, 0.6) is 0 Å². The number of esters is 1. The molecule has 2 aliphatic carbocycles. The number of benzene rings is 4. The van der Waals surface area contributed by atoms with E-state index in [0.717, 1.165) is 35.2 Å². The van der Waals surface area contributed by atoms with E-state index in [0.29, 0.717) is 64.4 Å². The van der Waals surface area contributed by atoms with Gasteiger partial charge in [-0.05, 0) is 105 Å². The summed E-state index contributed by atoms with van der Waals surface area (Å²) in [5.41, 5.74) is 5.86. The van der Waals surface area contributed by atoms with Crippen molar-refractivity contribution < 1.29 is 19.4 Å². The Morgan fingerprint density at radius 2 is 1.10 bits per heavy atom. The molecule has 0 radical (unpaired) electrons. The second kappa shape index (κ2) is 16.2. The van der Waals surface area contributed by atoms with E-state index in [1.54, 1.807) is 72.3 Å². The van der Waals surface area contributed by atoms with Gasteiger partial charge in [-0.15, -0.1) is 0 Å². The molecule has 2 bridgehead atoms. The molecule has 4 aromatic carbocycles. The predicted molar refractivity (Wildman–Crippen MR) is 233 cm³/mol. The largest absolute Gasteiger partial charge is 0.476 e. The Balaban J connectivity index is 0.000000188. The van der Waals surface area contributed by atoms with Crippen LogP contribution in [0.3, 0.4) is 0 Å². The first-order valence-corrected chi connectivity index (χ1v) is 20.7. The van der Waals surface area contributed by atoms with Crippen molar-refractivity contribution in [3.8, 4) is 33.9 Å². The molecule has 2 fully saturated rings. The highest BCUT2D eigenvalue weighted by Crippen LogP contribution is 2.66. The smallest absolute Gasteiger partial charge is 0.359 e. The lowest BCUT2D eigenvalue weighted by Gasteiger charge is -2.38. The number of carboxylic acid groups (broad SMARTS) is 1. The normalized spacial score (nSPS) is 19.2. The predicted octanol–water partition coefficient (Wildman–Crippen LogP) is 13.7. The quantitative estimate of drug-likeness (QED) is 0.160. The highest BCUT2D eigenvalue weighted by atomic mass is 35.5. The van der Waals surface area contributed by atoms with E-state index in [1.807, 2.05) is 31.2 Å². The average molecular weight is 900 g/mol. The van der Waals surface area contributed by atoms with Crippen LogP contribution in [0, 0.1) is 30.6 Å². The lowest BCUT2D eigenvalue weighted by atomic mass is 9.70. The number of ether oxygens (including phenoxy) is 1. The molecule has 0 spiro atoms. The minimum atomic E-state index is -1.11. The zero-order chi connectivity index (χ0) is 41.8. The Kier molecular flexibility index (Phi) is 11.8. The van der Waals surface area contributed by atoms with E-state index in [4.69, 9.17) is 79.4 Å². The number of carboxylic acids is 1. The van der Waals surface area contributed by atoms with Crippen molar-refractivity contribution in [3.05, 3.63) is 138 Å². The van der Waals surface area contributed by atoms with Gasteiger partial charge in [0.2, 0.25) is 0 Å². The molecule has 2 heterocycles. The third-order valence-corrected chi connectivity index (χ3v) is 13.7. The van der Waals surface area contributed by atoms with Gasteiger partial charge in [0.05, 0.1) is 32.8 Å². The molecule has 3 atom stereocenters. The monoisotopic (exact) mass is 896 g/mol. The van der Waals surface area contributed by atoms with Crippen LogP contribution < -0.4 is 0 Å². The summed E-state index contributed by atoms with van der Waals surface area (Å²) in [4.78, 5) is 25.0. The molecular formula is C44H38Cl6N4O4. The molecule has 2 aliphatic rings. The number of rotatable bonds is 7. The van der Waals surface area contributed by atoms with E-state index >= 15 is 0 Å². The molecule has 0 aliphatic heterocycles. The summed E-state index contributed by atoms with van der Waals surface area (Å²) >= 11 is 36.9. The summed E-state index contributed by atoms with van der Waals surface area (Å²) < 4.78 is 9.38. The summed E-state index contributed by atoms with van der Waals surface area (Å²) in [5.74, 6) is -0.927. The van der Waals surface area contributed by atoms with Gasteiger partial charge in [-0.2, -0.15) is 10.2 Å². The maximum Gasteiger partial charge on any atom is 0.359 e. The maximum absolute atomic E-state index is 13.5. The Bertz CT molecular complexity index is 2570. The Hall–Kier alpha value is -4.02. The fraction of sp³-hybridized carbons (Fsp3) is 0.273. The molecule has 2 saturated carbocycles. The number of carbonyl (C=O) groups excluding carboxylic acids is 1. The standard InChI is InChI=1S/C27H27Cl3N2O2.C17H11Cl3N2O2/c1-15-23(25(33)34-22-13-17-11-12-27(22,4)26(17,2)3)31-32(21-10-9-19(29)14-20(21)30)24(15)16-5-7-18(28)8-6-16;1-9-15(17(23)24)21-22(14-7-6-12(19)8-13(14)20)16(9)10-2-4-11(18)5-3-10/h5-10,14,17,22H,11-13H2,1-4H3;2-8H,1H3,(H,23,24). The summed E-state index contributed by atoms with van der Waals surface area (Å²) in [7, 11) is 0. The van der Waals surface area contributed by atoms with Crippen molar-refractivity contribution >= 4 is 81.5 Å². The van der Waals surface area contributed by atoms with Crippen LogP contribution in [0.15, 0.2) is 84.9 Å². The summed E-state index contributed by atoms with van der Waals surface area (Å²) in [6, 6.07) is 24.7. The molecule has 58 heavy (non-hydrogen) atoms. The summed E-state index contributed by atoms with van der Waals surface area (Å²) in [6.07, 6.45) is 3.06. The number of aromatic carboxylic acids is 1. The van der Waals surface area contributed by atoms with Gasteiger partial charge < -0.3 is 9.84 Å². The molecule has 8 nitrogen and oxygen atoms in total. The third kappa shape index (κ3) is 7.64. The van der Waals surface area contributed by atoms with Gasteiger partial charge in [0.15, 0.2) is 11.4 Å². The molecule has 1 N–H and O–H groups in total. The van der Waals surface area contributed by atoms with Crippen LogP contribution in [-0.2, 0) is 4.74 Å². The number of halogens is 6. The van der Waals surface area contributed by atoms with Crippen LogP contribution in [0.2, 0.25) is 30.1 Å². The van der Waals surface area contributed by atoms with E-state index in [2.05, 4.69) is 25.9 Å². The van der Waals surface area contributed by atoms with Crippen molar-refractivity contribution in [3.63, 3.8) is 0 Å². The van der Waals surface area contributed by atoms with Gasteiger partial charge in [0, 0.05) is 47.8 Å². The Morgan fingerprint density at radius 1 is 0.672 bits per heavy atom. The van der Waals surface area contributed by atoms with Crippen LogP contribution in [0.4, 0.5) is 0 Å². The number of fused-ring (bicyclic) bond motifs is 2. The Labute approximate surface area is 366 Å². The fourth-order valence-corrected chi connectivity index (χ4v) is 9.66. The topological polar surface area (TPSA) is 99.2 Å². The number of hydrogen-bond acceptors (Lipinski definition) is 5. The van der Waals surface area contributed by atoms with Crippen molar-refractivity contribution in [1.82, 2.24) is 19.6 Å². The molecule has 0 saturated heterocycles. The first-order valence-electron chi connectivity index (χ1n) is 18.5. The molecular weight excluding hydrogens is 861 g/mol. The van der Waals surface area contributed by atoms with Crippen molar-refractivity contribution in [2.24, 2.45) is 16.7 Å². The average Bonchev–Trinajstić information content (AvgIpc) is 3.81. The molecule has 0 amide bonds. The summed E-state index contributed by atoms with van der Waals surface area (Å²) in [6.45, 7) is 10.5. The van der Waals surface area contributed by atoms with Gasteiger partial charge in [0.25, 0.3) is 0 Å². The lowest BCUT2D eigenvalue weighted by Crippen LogP contribution is -2.38. The number of nitrogens with zero attached hydrogens (tertiary/aromatic N) is 4. The highest BCUT2D eigenvalue weighted by Gasteiger charge is 2.63. The first-order chi connectivity index (χ1) is 27.4. The van der Waals surface area contributed by atoms with Crippen LogP contribution >= 0.6 is 69.6 Å². The van der Waals surface area contributed by atoms with Gasteiger partial charge >= 0.3 is 11.9 Å². The maximum atomic E-state index is 13.5. The molecule has 14 heteroatoms. The van der Waals surface area contributed by atoms with Gasteiger partial charge in [-0.1, -0.05) is 115 Å². The fourth-order valence-electron chi connectivity index (χ4n) is 8.43. The number of hydrogen-bond donors (Lipinski definition) is 1. The van der Waals surface area contributed by atoms with E-state index in [1.165, 1.54) is 11.1 Å². The van der Waals surface area contributed by atoms with Crippen molar-refractivity contribution in [2.45, 2.75) is 60.0 Å². The lowest BCUT2D eigenvalue weighted by molar-refractivity contribution is -0.0248.